The summed E-state index contributed by atoms with van der Waals surface area (Å²) in [4.78, 5) is 15.5. The molecule has 0 aromatic heterocycles. The molecule has 2 atom stereocenters. The van der Waals surface area contributed by atoms with Gasteiger partial charge in [0.15, 0.2) is 9.84 Å². The second-order valence-corrected chi connectivity index (χ2v) is 8.87. The summed E-state index contributed by atoms with van der Waals surface area (Å²) in [5, 5.41) is 9.88. The number of amides is 1. The molecule has 2 fully saturated rings. The second kappa shape index (κ2) is 5.73. The highest BCUT2D eigenvalue weighted by molar-refractivity contribution is 7.91. The summed E-state index contributed by atoms with van der Waals surface area (Å²) in [6, 6.07) is -0.351. The second-order valence-electron chi connectivity index (χ2n) is 6.71. The fraction of sp³-hybridized carbons (Fsp3) is 0.923. The van der Waals surface area contributed by atoms with Gasteiger partial charge in [-0.15, -0.1) is 0 Å². The lowest BCUT2D eigenvalue weighted by molar-refractivity contribution is 0.00339. The molecule has 1 N–H and O–H groups in total. The number of hydrogen-bond acceptors (Lipinski definition) is 6. The summed E-state index contributed by atoms with van der Waals surface area (Å²) < 4.78 is 28.4. The molecular weight excluding hydrogens is 296 g/mol. The molecule has 1 amide bonds. The maximum absolute atomic E-state index is 11.9. The Balaban J connectivity index is 1.88. The van der Waals surface area contributed by atoms with Gasteiger partial charge in [-0.2, -0.15) is 0 Å². The summed E-state index contributed by atoms with van der Waals surface area (Å²) in [6.07, 6.45) is -1.18. The summed E-state index contributed by atoms with van der Waals surface area (Å²) in [5.74, 6) is -0.162. The molecule has 21 heavy (non-hydrogen) atoms. The molecule has 8 heteroatoms. The quantitative estimate of drug-likeness (QED) is 0.713. The lowest BCUT2D eigenvalue weighted by Crippen LogP contribution is -2.55. The predicted octanol–water partition coefficient (Wildman–Crippen LogP) is -0.303. The fourth-order valence-corrected chi connectivity index (χ4v) is 4.55. The van der Waals surface area contributed by atoms with E-state index in [4.69, 9.17) is 4.74 Å². The van der Waals surface area contributed by atoms with E-state index in [0.717, 1.165) is 0 Å². The Kier molecular flexibility index (Phi) is 4.51. The molecule has 0 unspecified atom stereocenters. The van der Waals surface area contributed by atoms with Crippen LogP contribution in [0.25, 0.3) is 0 Å². The maximum Gasteiger partial charge on any atom is 0.410 e. The smallest absolute Gasteiger partial charge is 0.410 e. The van der Waals surface area contributed by atoms with E-state index in [1.807, 2.05) is 25.7 Å². The van der Waals surface area contributed by atoms with Crippen molar-refractivity contribution in [2.24, 2.45) is 0 Å². The number of aliphatic hydroxyl groups excluding tert-OH is 1. The first kappa shape index (κ1) is 16.5. The standard InChI is InChI=1S/C13H24N2O5S/c1-13(2,3)20-12(17)15-6-4-14(5-7-15)10-8-21(18,19)9-11(10)16/h10-11,16H,4-9H2,1-3H3/t10-,11+/m1/s1. The van der Waals surface area contributed by atoms with Crippen LogP contribution >= 0.6 is 0 Å². The van der Waals surface area contributed by atoms with Gasteiger partial charge in [-0.25, -0.2) is 13.2 Å². The van der Waals surface area contributed by atoms with Gasteiger partial charge in [0.25, 0.3) is 0 Å². The number of ether oxygens (including phenoxy) is 1. The number of nitrogens with zero attached hydrogens (tertiary/aromatic N) is 2. The minimum Gasteiger partial charge on any atom is -0.444 e. The lowest BCUT2D eigenvalue weighted by Gasteiger charge is -2.38. The van der Waals surface area contributed by atoms with Gasteiger partial charge in [0.2, 0.25) is 0 Å². The van der Waals surface area contributed by atoms with Crippen LogP contribution in [0.1, 0.15) is 20.8 Å². The van der Waals surface area contributed by atoms with Crippen LogP contribution in [0.2, 0.25) is 0 Å². The van der Waals surface area contributed by atoms with Crippen LogP contribution < -0.4 is 0 Å². The molecule has 0 aromatic carbocycles. The van der Waals surface area contributed by atoms with Crippen molar-refractivity contribution in [3.8, 4) is 0 Å². The van der Waals surface area contributed by atoms with Crippen molar-refractivity contribution >= 4 is 15.9 Å². The average Bonchev–Trinajstić information content (AvgIpc) is 2.61. The predicted molar refractivity (Wildman–Crippen MR) is 77.8 cm³/mol. The Morgan fingerprint density at radius 3 is 2.14 bits per heavy atom. The molecule has 2 saturated heterocycles. The third kappa shape index (κ3) is 4.31. The number of piperazine rings is 1. The zero-order chi connectivity index (χ0) is 15.8. The SMILES string of the molecule is CC(C)(C)OC(=O)N1CCN([C@@H]2CS(=O)(=O)C[C@@H]2O)CC1. The van der Waals surface area contributed by atoms with Crippen molar-refractivity contribution in [1.29, 1.82) is 0 Å². The first-order chi connectivity index (χ1) is 9.57. The molecule has 0 bridgehead atoms. The zero-order valence-electron chi connectivity index (χ0n) is 12.8. The third-order valence-electron chi connectivity index (χ3n) is 3.73. The van der Waals surface area contributed by atoms with Gasteiger partial charge in [0.05, 0.1) is 23.7 Å². The molecule has 0 saturated carbocycles. The highest BCUT2D eigenvalue weighted by Crippen LogP contribution is 2.20. The van der Waals surface area contributed by atoms with Crippen LogP contribution in [0.15, 0.2) is 0 Å². The number of aliphatic hydroxyl groups is 1. The molecule has 7 nitrogen and oxygen atoms in total. The van der Waals surface area contributed by atoms with Gasteiger partial charge in [-0.3, -0.25) is 4.90 Å². The Morgan fingerprint density at radius 1 is 1.14 bits per heavy atom. The molecule has 2 aliphatic heterocycles. The van der Waals surface area contributed by atoms with Crippen LogP contribution in [-0.2, 0) is 14.6 Å². The number of carbonyl (C=O) groups is 1. The van der Waals surface area contributed by atoms with Crippen molar-refractivity contribution in [2.75, 3.05) is 37.7 Å². The Labute approximate surface area is 125 Å². The van der Waals surface area contributed by atoms with E-state index in [-0.39, 0.29) is 23.6 Å². The van der Waals surface area contributed by atoms with Gasteiger partial charge in [0, 0.05) is 26.2 Å². The van der Waals surface area contributed by atoms with E-state index in [2.05, 4.69) is 0 Å². The van der Waals surface area contributed by atoms with Crippen molar-refractivity contribution in [3.05, 3.63) is 0 Å². The molecule has 0 radical (unpaired) electrons. The van der Waals surface area contributed by atoms with Crippen molar-refractivity contribution in [2.45, 2.75) is 38.5 Å². The largest absolute Gasteiger partial charge is 0.444 e. The number of carbonyl (C=O) groups excluding carboxylic acids is 1. The zero-order valence-corrected chi connectivity index (χ0v) is 13.6. The van der Waals surface area contributed by atoms with Crippen LogP contribution in [0.4, 0.5) is 4.79 Å². The summed E-state index contributed by atoms with van der Waals surface area (Å²) >= 11 is 0. The summed E-state index contributed by atoms with van der Waals surface area (Å²) in [6.45, 7) is 7.53. The molecule has 0 spiro atoms. The highest BCUT2D eigenvalue weighted by Gasteiger charge is 2.41. The van der Waals surface area contributed by atoms with Gasteiger partial charge in [0.1, 0.15) is 5.60 Å². The lowest BCUT2D eigenvalue weighted by atomic mass is 10.1. The Morgan fingerprint density at radius 2 is 1.71 bits per heavy atom. The third-order valence-corrected chi connectivity index (χ3v) is 5.43. The molecule has 122 valence electrons. The van der Waals surface area contributed by atoms with Crippen molar-refractivity contribution in [1.82, 2.24) is 9.80 Å². The van der Waals surface area contributed by atoms with Crippen molar-refractivity contribution < 1.29 is 23.1 Å². The van der Waals surface area contributed by atoms with Gasteiger partial charge >= 0.3 is 6.09 Å². The monoisotopic (exact) mass is 320 g/mol. The van der Waals surface area contributed by atoms with Crippen LogP contribution in [0.3, 0.4) is 0 Å². The molecule has 2 aliphatic rings. The van der Waals surface area contributed by atoms with E-state index in [9.17, 15) is 18.3 Å². The maximum atomic E-state index is 11.9. The van der Waals surface area contributed by atoms with E-state index >= 15 is 0 Å². The molecule has 0 aromatic rings. The first-order valence-corrected chi connectivity index (χ1v) is 9.00. The fourth-order valence-electron chi connectivity index (χ4n) is 2.72. The van der Waals surface area contributed by atoms with E-state index in [1.165, 1.54) is 0 Å². The van der Waals surface area contributed by atoms with E-state index in [0.29, 0.717) is 26.2 Å². The minimum absolute atomic E-state index is 0.000599. The summed E-state index contributed by atoms with van der Waals surface area (Å²) in [7, 11) is -3.14. The number of hydrogen-bond donors (Lipinski definition) is 1. The minimum atomic E-state index is -3.14. The van der Waals surface area contributed by atoms with Gasteiger partial charge in [-0.1, -0.05) is 0 Å². The van der Waals surface area contributed by atoms with Gasteiger partial charge in [-0.05, 0) is 20.8 Å². The summed E-state index contributed by atoms with van der Waals surface area (Å²) in [5.41, 5.74) is -0.524. The van der Waals surface area contributed by atoms with E-state index in [1.54, 1.807) is 4.90 Å². The average molecular weight is 320 g/mol. The van der Waals surface area contributed by atoms with Gasteiger partial charge < -0.3 is 14.7 Å². The number of sulfone groups is 1. The molecule has 2 heterocycles. The van der Waals surface area contributed by atoms with Crippen LogP contribution in [0, 0.1) is 0 Å². The highest BCUT2D eigenvalue weighted by atomic mass is 32.2. The van der Waals surface area contributed by atoms with Crippen LogP contribution in [0.5, 0.6) is 0 Å². The van der Waals surface area contributed by atoms with Crippen molar-refractivity contribution in [3.63, 3.8) is 0 Å². The number of rotatable bonds is 1. The van der Waals surface area contributed by atoms with Crippen LogP contribution in [-0.4, -0.2) is 84.8 Å². The first-order valence-electron chi connectivity index (χ1n) is 7.18. The molecular formula is C13H24N2O5S. The Hall–Kier alpha value is -0.860. The molecule has 0 aliphatic carbocycles. The Bertz CT molecular complexity index is 491. The normalized spacial score (nSPS) is 30.4. The van der Waals surface area contributed by atoms with E-state index < -0.39 is 21.5 Å². The topological polar surface area (TPSA) is 87.2 Å². The molecule has 2 rings (SSSR count).